The Balaban J connectivity index is 1.20. The van der Waals surface area contributed by atoms with Crippen molar-refractivity contribution in [2.45, 2.75) is 0 Å². The van der Waals surface area contributed by atoms with Gasteiger partial charge in [-0.3, -0.25) is 0 Å². The molecule has 11 rings (SSSR count). The lowest BCUT2D eigenvalue weighted by Gasteiger charge is -2.23. The summed E-state index contributed by atoms with van der Waals surface area (Å²) in [5, 5.41) is 14.9. The third kappa shape index (κ3) is 3.82. The molecule has 0 radical (unpaired) electrons. The largest absolute Gasteiger partial charge is 0.456 e. The predicted octanol–water partition coefficient (Wildman–Crippen LogP) is 13.7. The molecule has 0 atom stereocenters. The third-order valence-corrected chi connectivity index (χ3v) is 10.6. The molecule has 10 aromatic rings. The number of benzene rings is 10. The normalized spacial score (nSPS) is 12.2. The second-order valence-corrected chi connectivity index (χ2v) is 13.2. The van der Waals surface area contributed by atoms with Crippen LogP contribution in [0.5, 0.6) is 11.5 Å². The lowest BCUT2D eigenvalue weighted by atomic mass is 9.85. The topological polar surface area (TPSA) is 9.23 Å². The molecule has 0 aromatic heterocycles. The Morgan fingerprint density at radius 1 is 0.286 bits per heavy atom. The number of fused-ring (bicyclic) bond motifs is 9. The second kappa shape index (κ2) is 10.0. The summed E-state index contributed by atoms with van der Waals surface area (Å²) in [6, 6.07) is 62.1. The van der Waals surface area contributed by atoms with Crippen molar-refractivity contribution in [1.29, 1.82) is 0 Å². The van der Waals surface area contributed by atoms with Gasteiger partial charge < -0.3 is 4.74 Å². The molecule has 0 spiro atoms. The van der Waals surface area contributed by atoms with Gasteiger partial charge in [0.25, 0.3) is 0 Å². The van der Waals surface area contributed by atoms with Gasteiger partial charge in [0.2, 0.25) is 0 Å². The Morgan fingerprint density at radius 3 is 1.82 bits per heavy atom. The minimum atomic E-state index is 0.897. The summed E-state index contributed by atoms with van der Waals surface area (Å²) >= 11 is 0. The zero-order valence-electron chi connectivity index (χ0n) is 26.6. The first-order valence-electron chi connectivity index (χ1n) is 16.9. The van der Waals surface area contributed by atoms with Crippen LogP contribution in [0.2, 0.25) is 0 Å². The van der Waals surface area contributed by atoms with Gasteiger partial charge in [0.05, 0.1) is 0 Å². The zero-order chi connectivity index (χ0) is 32.1. The van der Waals surface area contributed by atoms with Crippen molar-refractivity contribution in [3.05, 3.63) is 170 Å². The van der Waals surface area contributed by atoms with Crippen LogP contribution in [0.4, 0.5) is 0 Å². The Morgan fingerprint density at radius 2 is 0.939 bits per heavy atom. The maximum atomic E-state index is 6.65. The Bertz CT molecular complexity index is 3020. The summed E-state index contributed by atoms with van der Waals surface area (Å²) in [5.41, 5.74) is 7.31. The van der Waals surface area contributed by atoms with E-state index in [1.54, 1.807) is 0 Å². The Labute approximate surface area is 283 Å². The van der Waals surface area contributed by atoms with E-state index >= 15 is 0 Å². The molecule has 1 aliphatic rings. The van der Waals surface area contributed by atoms with Crippen LogP contribution < -0.4 is 4.74 Å². The number of rotatable bonds is 2. The van der Waals surface area contributed by atoms with E-state index in [2.05, 4.69) is 170 Å². The van der Waals surface area contributed by atoms with Gasteiger partial charge in [-0.2, -0.15) is 0 Å². The fraction of sp³-hybridized carbons (Fsp3) is 0. The van der Waals surface area contributed by atoms with Crippen molar-refractivity contribution in [2.75, 3.05) is 0 Å². The van der Waals surface area contributed by atoms with E-state index in [0.717, 1.165) is 17.1 Å². The highest BCUT2D eigenvalue weighted by molar-refractivity contribution is 6.25. The molecule has 1 nitrogen and oxygen atoms in total. The summed E-state index contributed by atoms with van der Waals surface area (Å²) in [6.45, 7) is 0. The van der Waals surface area contributed by atoms with Crippen molar-refractivity contribution in [1.82, 2.24) is 0 Å². The van der Waals surface area contributed by atoms with E-state index in [-0.39, 0.29) is 0 Å². The van der Waals surface area contributed by atoms with Crippen molar-refractivity contribution >= 4 is 64.6 Å². The smallest absolute Gasteiger partial charge is 0.136 e. The van der Waals surface area contributed by atoms with E-state index < -0.39 is 0 Å². The first kappa shape index (κ1) is 26.6. The maximum Gasteiger partial charge on any atom is 0.136 e. The van der Waals surface area contributed by atoms with E-state index in [0.29, 0.717) is 0 Å². The van der Waals surface area contributed by atoms with Crippen molar-refractivity contribution in [2.24, 2.45) is 0 Å². The summed E-state index contributed by atoms with van der Waals surface area (Å²) in [6.07, 6.45) is 0. The summed E-state index contributed by atoms with van der Waals surface area (Å²) in [5.74, 6) is 1.82. The molecule has 49 heavy (non-hydrogen) atoms. The van der Waals surface area contributed by atoms with Gasteiger partial charge >= 0.3 is 0 Å². The molecule has 0 saturated carbocycles. The quantitative estimate of drug-likeness (QED) is 0.138. The minimum Gasteiger partial charge on any atom is -0.456 e. The van der Waals surface area contributed by atoms with Crippen LogP contribution in [0, 0.1) is 0 Å². The molecule has 0 fully saturated rings. The molecule has 226 valence electrons. The molecule has 1 heterocycles. The van der Waals surface area contributed by atoms with Gasteiger partial charge in [-0.15, -0.1) is 0 Å². The van der Waals surface area contributed by atoms with E-state index in [1.807, 2.05) is 0 Å². The average molecular weight is 621 g/mol. The molecule has 0 amide bonds. The Hall–Kier alpha value is -6.44. The molecular weight excluding hydrogens is 593 g/mol. The van der Waals surface area contributed by atoms with E-state index in [1.165, 1.54) is 92.5 Å². The molecule has 0 saturated heterocycles. The van der Waals surface area contributed by atoms with Crippen LogP contribution >= 0.6 is 0 Å². The van der Waals surface area contributed by atoms with Crippen LogP contribution in [0.15, 0.2) is 170 Å². The third-order valence-electron chi connectivity index (χ3n) is 10.6. The second-order valence-electron chi connectivity index (χ2n) is 13.2. The SMILES string of the molecule is c1ccc2c(-c3c4ccccc4cc4c3ccc3cccc(-c5ccc6c(c5)-c5cccc7c5c(cc5ccccc57)O6)c34)cccc2c1. The average Bonchev–Trinajstić information content (AvgIpc) is 3.16. The number of hydrogen-bond acceptors (Lipinski definition) is 1. The molecule has 1 heteroatoms. The first-order chi connectivity index (χ1) is 24.3. The molecule has 1 aliphatic heterocycles. The molecule has 10 aromatic carbocycles. The summed E-state index contributed by atoms with van der Waals surface area (Å²) in [4.78, 5) is 0. The highest BCUT2D eigenvalue weighted by Crippen LogP contribution is 2.50. The Kier molecular flexibility index (Phi) is 5.45. The highest BCUT2D eigenvalue weighted by atomic mass is 16.5. The highest BCUT2D eigenvalue weighted by Gasteiger charge is 2.23. The monoisotopic (exact) mass is 620 g/mol. The molecule has 0 aliphatic carbocycles. The first-order valence-corrected chi connectivity index (χ1v) is 16.9. The van der Waals surface area contributed by atoms with Gasteiger partial charge in [-0.1, -0.05) is 146 Å². The standard InChI is InChI=1S/C48H28O/c1-4-15-34-29(10-1)13-7-19-38(34)47-37-17-6-3-11-31(37)27-43-41(47)24-22-30-14-8-18-36(46(30)43)33-23-25-44-42(26-33)40-21-9-20-39-35-16-5-2-12-32(35)28-45(49-44)48(39)40/h1-28H. The van der Waals surface area contributed by atoms with Crippen LogP contribution in [0.1, 0.15) is 0 Å². The van der Waals surface area contributed by atoms with Gasteiger partial charge in [0.1, 0.15) is 11.5 Å². The van der Waals surface area contributed by atoms with Gasteiger partial charge in [-0.25, -0.2) is 0 Å². The van der Waals surface area contributed by atoms with E-state index in [9.17, 15) is 0 Å². The predicted molar refractivity (Wildman–Crippen MR) is 208 cm³/mol. The molecular formula is C48H28O. The van der Waals surface area contributed by atoms with Gasteiger partial charge in [0, 0.05) is 10.9 Å². The van der Waals surface area contributed by atoms with Crippen LogP contribution in [-0.4, -0.2) is 0 Å². The fourth-order valence-corrected chi connectivity index (χ4v) is 8.44. The molecule has 0 N–H and O–H groups in total. The molecule has 0 bridgehead atoms. The zero-order valence-corrected chi connectivity index (χ0v) is 26.6. The van der Waals surface area contributed by atoms with Crippen LogP contribution in [-0.2, 0) is 0 Å². The summed E-state index contributed by atoms with van der Waals surface area (Å²) in [7, 11) is 0. The van der Waals surface area contributed by atoms with E-state index in [4.69, 9.17) is 4.74 Å². The van der Waals surface area contributed by atoms with Crippen molar-refractivity contribution < 1.29 is 4.74 Å². The number of hydrogen-bond donors (Lipinski definition) is 0. The molecule has 0 unspecified atom stereocenters. The lowest BCUT2D eigenvalue weighted by Crippen LogP contribution is -1.98. The minimum absolute atomic E-state index is 0.897. The van der Waals surface area contributed by atoms with Crippen LogP contribution in [0.25, 0.3) is 98.0 Å². The van der Waals surface area contributed by atoms with Gasteiger partial charge in [-0.05, 0) is 111 Å². The maximum absolute atomic E-state index is 6.65. The van der Waals surface area contributed by atoms with Crippen LogP contribution in [0.3, 0.4) is 0 Å². The van der Waals surface area contributed by atoms with Gasteiger partial charge in [0.15, 0.2) is 0 Å². The number of ether oxygens (including phenoxy) is 1. The van der Waals surface area contributed by atoms with Crippen molar-refractivity contribution in [3.8, 4) is 44.9 Å². The fourth-order valence-electron chi connectivity index (χ4n) is 8.44. The lowest BCUT2D eigenvalue weighted by molar-refractivity contribution is 0.488. The van der Waals surface area contributed by atoms with Crippen molar-refractivity contribution in [3.63, 3.8) is 0 Å². The summed E-state index contributed by atoms with van der Waals surface area (Å²) < 4.78 is 6.65.